The molecule has 0 amide bonds. The van der Waals surface area contributed by atoms with E-state index >= 15 is 0 Å². The number of ether oxygens (including phenoxy) is 2. The third-order valence-electron chi connectivity index (χ3n) is 2.55. The molecule has 0 aromatic heterocycles. The van der Waals surface area contributed by atoms with Crippen LogP contribution in [0.1, 0.15) is 18.0 Å². The molecule has 2 atom stereocenters. The van der Waals surface area contributed by atoms with Gasteiger partial charge < -0.3 is 24.5 Å². The number of nitrogens with two attached hydrogens (primary N) is 1. The lowest BCUT2D eigenvalue weighted by Gasteiger charge is -2.17. The van der Waals surface area contributed by atoms with Crippen LogP contribution in [0.3, 0.4) is 0 Å². The Balaban J connectivity index is 2.52. The van der Waals surface area contributed by atoms with Crippen molar-refractivity contribution in [1.82, 2.24) is 0 Å². The molecule has 20 heavy (non-hydrogen) atoms. The number of carbonyl (C=O) groups excluding carboxylic acids is 1. The number of aliphatic hydroxyl groups is 1. The van der Waals surface area contributed by atoms with Gasteiger partial charge in [0.2, 0.25) is 0 Å². The number of hydrogen-bond donors (Lipinski definition) is 2. The topological polar surface area (TPSA) is 91.0 Å². The average molecular weight is 301 g/mol. The van der Waals surface area contributed by atoms with E-state index in [0.29, 0.717) is 17.1 Å². The summed E-state index contributed by atoms with van der Waals surface area (Å²) < 4.78 is 14.7. The molecule has 0 spiro atoms. The fourth-order valence-corrected chi connectivity index (χ4v) is 1.88. The van der Waals surface area contributed by atoms with Crippen molar-refractivity contribution in [2.24, 2.45) is 5.73 Å². The summed E-state index contributed by atoms with van der Waals surface area (Å²) in [4.78, 5) is 11.5. The molecule has 0 radical (unpaired) electrons. The van der Waals surface area contributed by atoms with Crippen molar-refractivity contribution in [3.8, 4) is 5.75 Å². The lowest BCUT2D eigenvalue weighted by Crippen LogP contribution is -2.27. The normalized spacial score (nSPS) is 13.8. The van der Waals surface area contributed by atoms with Crippen LogP contribution in [-0.4, -0.2) is 37.3 Å². The first-order chi connectivity index (χ1) is 9.58. The van der Waals surface area contributed by atoms with Gasteiger partial charge >= 0.3 is 5.97 Å². The predicted molar refractivity (Wildman–Crippen MR) is 76.1 cm³/mol. The molecule has 7 heteroatoms. The first kappa shape index (κ1) is 16.9. The zero-order valence-corrected chi connectivity index (χ0v) is 12.3. The molecule has 0 fully saturated rings. The molecule has 0 aliphatic rings. The summed E-state index contributed by atoms with van der Waals surface area (Å²) in [7, 11) is 2.92. The van der Waals surface area contributed by atoms with Crippen molar-refractivity contribution in [2.45, 2.75) is 18.8 Å². The summed E-state index contributed by atoms with van der Waals surface area (Å²) in [6, 6.07) is 5.96. The number of esters is 1. The van der Waals surface area contributed by atoms with Crippen molar-refractivity contribution in [3.63, 3.8) is 0 Å². The van der Waals surface area contributed by atoms with Crippen molar-refractivity contribution in [3.05, 3.63) is 29.8 Å². The van der Waals surface area contributed by atoms with Crippen molar-refractivity contribution in [2.75, 3.05) is 20.0 Å². The molecule has 1 rings (SSSR count). The monoisotopic (exact) mass is 301 g/mol. The standard InChI is InChI=1S/C13H19NO5S/c1-17-13(16)12(14)9-3-5-10(6-4-9)19-11(15)7-8-20-18-2/h3-6,12-13,16H,7-8,14H2,1-2H3. The van der Waals surface area contributed by atoms with E-state index in [1.807, 2.05) is 0 Å². The van der Waals surface area contributed by atoms with Crippen LogP contribution in [0.2, 0.25) is 0 Å². The maximum atomic E-state index is 11.5. The van der Waals surface area contributed by atoms with Crippen LogP contribution < -0.4 is 10.5 Å². The Morgan fingerprint density at radius 1 is 1.35 bits per heavy atom. The Labute approximate surface area is 122 Å². The van der Waals surface area contributed by atoms with Gasteiger partial charge in [0, 0.05) is 12.9 Å². The molecular formula is C13H19NO5S. The van der Waals surface area contributed by atoms with E-state index in [1.54, 1.807) is 31.4 Å². The Kier molecular flexibility index (Phi) is 7.56. The average Bonchev–Trinajstić information content (AvgIpc) is 2.46. The molecule has 0 aliphatic carbocycles. The summed E-state index contributed by atoms with van der Waals surface area (Å²) in [5.41, 5.74) is 6.47. The Bertz CT molecular complexity index is 412. The van der Waals surface area contributed by atoms with Crippen molar-refractivity contribution >= 4 is 18.0 Å². The fourth-order valence-electron chi connectivity index (χ4n) is 1.46. The number of benzene rings is 1. The van der Waals surface area contributed by atoms with Crippen LogP contribution >= 0.6 is 12.0 Å². The highest BCUT2D eigenvalue weighted by Crippen LogP contribution is 2.19. The zero-order valence-electron chi connectivity index (χ0n) is 11.4. The highest BCUT2D eigenvalue weighted by atomic mass is 32.2. The molecule has 2 unspecified atom stereocenters. The van der Waals surface area contributed by atoms with Gasteiger partial charge in [0.05, 0.1) is 19.6 Å². The summed E-state index contributed by atoms with van der Waals surface area (Å²) >= 11 is 1.20. The van der Waals surface area contributed by atoms with E-state index in [-0.39, 0.29) is 12.4 Å². The second-order valence-corrected chi connectivity index (χ2v) is 4.91. The Morgan fingerprint density at radius 2 is 2.00 bits per heavy atom. The predicted octanol–water partition coefficient (Wildman–Crippen LogP) is 1.24. The van der Waals surface area contributed by atoms with Gasteiger partial charge in [0.25, 0.3) is 0 Å². The minimum atomic E-state index is -1.07. The Hall–Kier alpha value is -1.12. The van der Waals surface area contributed by atoms with Crippen molar-refractivity contribution < 1.29 is 23.6 Å². The summed E-state index contributed by atoms with van der Waals surface area (Å²) in [5, 5.41) is 9.47. The molecule has 0 aliphatic heterocycles. The molecule has 3 N–H and O–H groups in total. The van der Waals surface area contributed by atoms with Crippen LogP contribution in [0.4, 0.5) is 0 Å². The number of hydrogen-bond acceptors (Lipinski definition) is 7. The van der Waals surface area contributed by atoms with E-state index in [0.717, 1.165) is 0 Å². The van der Waals surface area contributed by atoms with Crippen LogP contribution in [0.5, 0.6) is 5.75 Å². The molecule has 0 saturated carbocycles. The largest absolute Gasteiger partial charge is 0.427 e. The van der Waals surface area contributed by atoms with Gasteiger partial charge in [0.15, 0.2) is 6.29 Å². The molecule has 6 nitrogen and oxygen atoms in total. The number of carbonyl (C=O) groups is 1. The van der Waals surface area contributed by atoms with Crippen LogP contribution in [0.15, 0.2) is 24.3 Å². The van der Waals surface area contributed by atoms with Gasteiger partial charge in [-0.15, -0.1) is 0 Å². The van der Waals surface area contributed by atoms with Crippen LogP contribution in [0.25, 0.3) is 0 Å². The molecular weight excluding hydrogens is 282 g/mol. The molecule has 0 saturated heterocycles. The van der Waals surface area contributed by atoms with Gasteiger partial charge in [-0.05, 0) is 29.7 Å². The number of aliphatic hydroxyl groups excluding tert-OH is 1. The van der Waals surface area contributed by atoms with Gasteiger partial charge in [-0.2, -0.15) is 0 Å². The molecule has 112 valence electrons. The maximum Gasteiger partial charge on any atom is 0.312 e. The van der Waals surface area contributed by atoms with Crippen LogP contribution in [-0.2, 0) is 13.7 Å². The van der Waals surface area contributed by atoms with Crippen molar-refractivity contribution in [1.29, 1.82) is 0 Å². The smallest absolute Gasteiger partial charge is 0.312 e. The van der Waals surface area contributed by atoms with E-state index in [9.17, 15) is 9.90 Å². The summed E-state index contributed by atoms with van der Waals surface area (Å²) in [6.07, 6.45) is -0.809. The van der Waals surface area contributed by atoms with Crippen LogP contribution in [0, 0.1) is 0 Å². The molecule has 1 aromatic rings. The van der Waals surface area contributed by atoms with E-state index < -0.39 is 12.3 Å². The minimum absolute atomic E-state index is 0.266. The SMILES string of the molecule is COSCCC(=O)Oc1ccc(C(N)C(O)OC)cc1. The molecule has 0 heterocycles. The molecule has 1 aromatic carbocycles. The van der Waals surface area contributed by atoms with E-state index in [2.05, 4.69) is 0 Å². The summed E-state index contributed by atoms with van der Waals surface area (Å²) in [5.74, 6) is 0.641. The second-order valence-electron chi connectivity index (χ2n) is 3.93. The third kappa shape index (κ3) is 5.48. The second kappa shape index (κ2) is 8.93. The first-order valence-corrected chi connectivity index (χ1v) is 6.92. The maximum absolute atomic E-state index is 11.5. The highest BCUT2D eigenvalue weighted by Gasteiger charge is 2.16. The zero-order chi connectivity index (χ0) is 15.0. The number of methoxy groups -OCH3 is 1. The van der Waals surface area contributed by atoms with E-state index in [1.165, 1.54) is 19.2 Å². The Morgan fingerprint density at radius 3 is 2.55 bits per heavy atom. The first-order valence-electron chi connectivity index (χ1n) is 6.01. The lowest BCUT2D eigenvalue weighted by molar-refractivity contribution is -0.133. The fraction of sp³-hybridized carbons (Fsp3) is 0.462. The van der Waals surface area contributed by atoms with Gasteiger partial charge in [0.1, 0.15) is 5.75 Å². The lowest BCUT2D eigenvalue weighted by atomic mass is 10.1. The third-order valence-corrected chi connectivity index (χ3v) is 3.16. The van der Waals surface area contributed by atoms with Gasteiger partial charge in [-0.1, -0.05) is 12.1 Å². The quantitative estimate of drug-likeness (QED) is 0.245. The minimum Gasteiger partial charge on any atom is -0.427 e. The van der Waals surface area contributed by atoms with Gasteiger partial charge in [-0.3, -0.25) is 4.79 Å². The molecule has 0 bridgehead atoms. The van der Waals surface area contributed by atoms with Gasteiger partial charge in [-0.25, -0.2) is 0 Å². The summed E-state index contributed by atoms with van der Waals surface area (Å²) in [6.45, 7) is 0. The number of rotatable bonds is 8. The van der Waals surface area contributed by atoms with E-state index in [4.69, 9.17) is 19.4 Å². The highest BCUT2D eigenvalue weighted by molar-refractivity contribution is 7.94.